The number of nitrogens with one attached hydrogen (secondary N) is 2. The molecule has 0 saturated carbocycles. The summed E-state index contributed by atoms with van der Waals surface area (Å²) < 4.78 is 1.10. The zero-order valence-corrected chi connectivity index (χ0v) is 16.7. The summed E-state index contributed by atoms with van der Waals surface area (Å²) in [5.74, 6) is -0.505. The van der Waals surface area contributed by atoms with Gasteiger partial charge in [0, 0.05) is 37.5 Å². The van der Waals surface area contributed by atoms with Crippen LogP contribution in [0.5, 0.6) is 0 Å². The largest absolute Gasteiger partial charge is 0.345 e. The maximum absolute atomic E-state index is 12.6. The van der Waals surface area contributed by atoms with Gasteiger partial charge in [0.2, 0.25) is 0 Å². The number of hydrogen-bond donors (Lipinski definition) is 2. The number of fused-ring (bicyclic) bond motifs is 1. The molecule has 0 fully saturated rings. The topological polar surface area (TPSA) is 104 Å². The third-order valence-electron chi connectivity index (χ3n) is 4.68. The third kappa shape index (κ3) is 3.82. The fraction of sp³-hybridized carbons (Fsp3) is 0.238. The summed E-state index contributed by atoms with van der Waals surface area (Å²) in [7, 11) is 3.35. The molecule has 150 valence electrons. The van der Waals surface area contributed by atoms with Gasteiger partial charge in [-0.1, -0.05) is 0 Å². The molecule has 8 heteroatoms. The van der Waals surface area contributed by atoms with Crippen molar-refractivity contribution in [2.75, 3.05) is 19.4 Å². The zero-order valence-electron chi connectivity index (χ0n) is 16.7. The van der Waals surface area contributed by atoms with E-state index >= 15 is 0 Å². The van der Waals surface area contributed by atoms with Gasteiger partial charge in [0.05, 0.1) is 10.9 Å². The zero-order chi connectivity index (χ0) is 21.3. The number of anilines is 1. The number of aromatic nitrogens is 2. The predicted octanol–water partition coefficient (Wildman–Crippen LogP) is 1.97. The summed E-state index contributed by atoms with van der Waals surface area (Å²) in [6.07, 6.45) is 0. The van der Waals surface area contributed by atoms with Crippen molar-refractivity contribution in [3.63, 3.8) is 0 Å². The first-order valence-electron chi connectivity index (χ1n) is 9.13. The molecule has 8 nitrogen and oxygen atoms in total. The molecule has 1 aromatic heterocycles. The molecule has 2 N–H and O–H groups in total. The Bertz CT molecular complexity index is 1240. The van der Waals surface area contributed by atoms with Crippen LogP contribution >= 0.6 is 0 Å². The highest BCUT2D eigenvalue weighted by Crippen LogP contribution is 2.18. The molecule has 0 spiro atoms. The number of aromatic amines is 1. The highest BCUT2D eigenvalue weighted by Gasteiger charge is 2.14. The number of benzene rings is 2. The number of aryl methyl sites for hydroxylation is 1. The highest BCUT2D eigenvalue weighted by atomic mass is 16.2. The second-order valence-electron chi connectivity index (χ2n) is 6.92. The molecule has 0 aliphatic heterocycles. The molecule has 0 unspecified atom stereocenters. The first kappa shape index (κ1) is 20.1. The van der Waals surface area contributed by atoms with Gasteiger partial charge in [-0.05, 0) is 55.8 Å². The number of nitrogens with zero attached hydrogens (tertiary/aromatic N) is 2. The van der Waals surface area contributed by atoms with Crippen molar-refractivity contribution in [3.05, 3.63) is 73.9 Å². The fourth-order valence-electron chi connectivity index (χ4n) is 3.11. The molecule has 2 aromatic carbocycles. The standard InChI is InChI=1S/C21H22N4O4/c1-5-25-20(28)16-8-6-13(11-17(16)23-21(25)29)18(26)22-14-7-9-15(12(2)10-14)19(27)24(3)4/h6-11H,5H2,1-4H3,(H,22,26)(H,23,29). The van der Waals surface area contributed by atoms with Gasteiger partial charge in [-0.3, -0.25) is 19.0 Å². The number of carbonyl (C=O) groups is 2. The van der Waals surface area contributed by atoms with E-state index in [2.05, 4.69) is 10.3 Å². The van der Waals surface area contributed by atoms with Crippen molar-refractivity contribution in [2.45, 2.75) is 20.4 Å². The Morgan fingerprint density at radius 2 is 1.83 bits per heavy atom. The number of hydrogen-bond acceptors (Lipinski definition) is 4. The van der Waals surface area contributed by atoms with Crippen LogP contribution in [0.15, 0.2) is 46.0 Å². The van der Waals surface area contributed by atoms with Crippen molar-refractivity contribution in [3.8, 4) is 0 Å². The lowest BCUT2D eigenvalue weighted by Crippen LogP contribution is -2.34. The smallest absolute Gasteiger partial charge is 0.328 e. The molecule has 0 bridgehead atoms. The minimum Gasteiger partial charge on any atom is -0.345 e. The van der Waals surface area contributed by atoms with E-state index in [1.54, 1.807) is 46.1 Å². The molecule has 0 radical (unpaired) electrons. The minimum absolute atomic E-state index is 0.114. The van der Waals surface area contributed by atoms with Crippen molar-refractivity contribution >= 4 is 28.4 Å². The second kappa shape index (κ2) is 7.75. The summed E-state index contributed by atoms with van der Waals surface area (Å²) in [4.78, 5) is 53.2. The van der Waals surface area contributed by atoms with Crippen LogP contribution < -0.4 is 16.6 Å². The van der Waals surface area contributed by atoms with Crippen molar-refractivity contribution < 1.29 is 9.59 Å². The Balaban J connectivity index is 1.90. The average Bonchev–Trinajstić information content (AvgIpc) is 2.67. The molecular formula is C21H22N4O4. The van der Waals surface area contributed by atoms with Crippen LogP contribution in [0.2, 0.25) is 0 Å². The van der Waals surface area contributed by atoms with Crippen LogP contribution in [0.25, 0.3) is 10.9 Å². The van der Waals surface area contributed by atoms with Crippen molar-refractivity contribution in [2.24, 2.45) is 0 Å². The maximum atomic E-state index is 12.6. The van der Waals surface area contributed by atoms with Gasteiger partial charge in [-0.2, -0.15) is 0 Å². The Morgan fingerprint density at radius 3 is 2.45 bits per heavy atom. The number of amides is 2. The summed E-state index contributed by atoms with van der Waals surface area (Å²) in [6, 6.07) is 9.58. The lowest BCUT2D eigenvalue weighted by Gasteiger charge is -2.14. The summed E-state index contributed by atoms with van der Waals surface area (Å²) in [5, 5.41) is 3.11. The van der Waals surface area contributed by atoms with E-state index in [9.17, 15) is 19.2 Å². The van der Waals surface area contributed by atoms with E-state index in [0.29, 0.717) is 27.7 Å². The SMILES string of the molecule is CCn1c(=O)[nH]c2cc(C(=O)Nc3ccc(C(=O)N(C)C)c(C)c3)ccc2c1=O. The molecule has 0 saturated heterocycles. The van der Waals surface area contributed by atoms with E-state index in [0.717, 1.165) is 10.1 Å². The maximum Gasteiger partial charge on any atom is 0.328 e. The number of rotatable bonds is 4. The summed E-state index contributed by atoms with van der Waals surface area (Å²) in [5.41, 5.74) is 1.54. The third-order valence-corrected chi connectivity index (χ3v) is 4.68. The lowest BCUT2D eigenvalue weighted by molar-refractivity contribution is 0.0826. The fourth-order valence-corrected chi connectivity index (χ4v) is 3.11. The monoisotopic (exact) mass is 394 g/mol. The number of H-pyrrole nitrogens is 1. The Morgan fingerprint density at radius 1 is 1.10 bits per heavy atom. The molecule has 3 rings (SSSR count). The first-order chi connectivity index (χ1) is 13.7. The van der Waals surface area contributed by atoms with E-state index < -0.39 is 17.2 Å². The molecule has 29 heavy (non-hydrogen) atoms. The lowest BCUT2D eigenvalue weighted by atomic mass is 10.1. The van der Waals surface area contributed by atoms with Crippen molar-refractivity contribution in [1.29, 1.82) is 0 Å². The van der Waals surface area contributed by atoms with Gasteiger partial charge < -0.3 is 15.2 Å². The molecule has 0 atom stereocenters. The van der Waals surface area contributed by atoms with Gasteiger partial charge in [0.1, 0.15) is 0 Å². The second-order valence-corrected chi connectivity index (χ2v) is 6.92. The van der Waals surface area contributed by atoms with Crippen LogP contribution in [-0.4, -0.2) is 40.4 Å². The molecule has 0 aliphatic rings. The molecule has 0 aliphatic carbocycles. The Hall–Kier alpha value is -3.68. The van der Waals surface area contributed by atoms with Gasteiger partial charge in [0.15, 0.2) is 0 Å². The normalized spacial score (nSPS) is 10.8. The quantitative estimate of drug-likeness (QED) is 0.706. The predicted molar refractivity (Wildman–Crippen MR) is 112 cm³/mol. The minimum atomic E-state index is -0.515. The van der Waals surface area contributed by atoms with E-state index in [1.165, 1.54) is 23.1 Å². The van der Waals surface area contributed by atoms with E-state index in [-0.39, 0.29) is 12.5 Å². The summed E-state index contributed by atoms with van der Waals surface area (Å²) >= 11 is 0. The van der Waals surface area contributed by atoms with Gasteiger partial charge in [0.25, 0.3) is 17.4 Å². The van der Waals surface area contributed by atoms with Crippen LogP contribution in [0.4, 0.5) is 5.69 Å². The Labute approximate surface area is 166 Å². The van der Waals surface area contributed by atoms with Crippen molar-refractivity contribution in [1.82, 2.24) is 14.5 Å². The van der Waals surface area contributed by atoms with E-state index in [4.69, 9.17) is 0 Å². The highest BCUT2D eigenvalue weighted by molar-refractivity contribution is 6.06. The summed E-state index contributed by atoms with van der Waals surface area (Å²) in [6.45, 7) is 3.77. The average molecular weight is 394 g/mol. The van der Waals surface area contributed by atoms with E-state index in [1.807, 2.05) is 0 Å². The van der Waals surface area contributed by atoms with Gasteiger partial charge in [-0.25, -0.2) is 4.79 Å². The number of carbonyl (C=O) groups excluding carboxylic acids is 2. The van der Waals surface area contributed by atoms with Gasteiger partial charge in [-0.15, -0.1) is 0 Å². The molecular weight excluding hydrogens is 372 g/mol. The molecule has 1 heterocycles. The van der Waals surface area contributed by atoms with Crippen LogP contribution in [0.1, 0.15) is 33.2 Å². The Kier molecular flexibility index (Phi) is 5.36. The van der Waals surface area contributed by atoms with Gasteiger partial charge >= 0.3 is 5.69 Å². The molecule has 2 amide bonds. The van der Waals surface area contributed by atoms with Crippen LogP contribution in [0.3, 0.4) is 0 Å². The van der Waals surface area contributed by atoms with Crippen LogP contribution in [0, 0.1) is 6.92 Å². The first-order valence-corrected chi connectivity index (χ1v) is 9.13. The molecule has 3 aromatic rings. The van der Waals surface area contributed by atoms with Crippen LogP contribution in [-0.2, 0) is 6.54 Å².